The van der Waals surface area contributed by atoms with Gasteiger partial charge >= 0.3 is 0 Å². The normalized spacial score (nSPS) is 25.3. The first-order valence-electron chi connectivity index (χ1n) is 5.38. The quantitative estimate of drug-likeness (QED) is 0.779. The van der Waals surface area contributed by atoms with Crippen LogP contribution in [0.3, 0.4) is 0 Å². The van der Waals surface area contributed by atoms with Gasteiger partial charge in [-0.2, -0.15) is 11.8 Å². The molecule has 1 rings (SSSR count). The molecule has 1 N–H and O–H groups in total. The number of hydrogen-bond donors (Lipinski definition) is 1. The zero-order valence-electron chi connectivity index (χ0n) is 9.80. The maximum Gasteiger partial charge on any atom is 0.0743 e. The van der Waals surface area contributed by atoms with Crippen molar-refractivity contribution in [3.05, 3.63) is 0 Å². The molecule has 1 aliphatic heterocycles. The molecule has 1 fully saturated rings. The minimum absolute atomic E-state index is 0.230. The van der Waals surface area contributed by atoms with Gasteiger partial charge < -0.3 is 10.1 Å². The van der Waals surface area contributed by atoms with Gasteiger partial charge in [0, 0.05) is 25.4 Å². The third kappa shape index (κ3) is 3.79. The molecule has 2 nitrogen and oxygen atoms in total. The zero-order valence-corrected chi connectivity index (χ0v) is 10.6. The number of nitrogens with one attached hydrogen (secondary N) is 1. The smallest absolute Gasteiger partial charge is 0.0743 e. The van der Waals surface area contributed by atoms with Crippen molar-refractivity contribution >= 4 is 11.8 Å². The number of rotatable bonds is 4. The molecule has 3 heteroatoms. The molecule has 2 atom stereocenters. The Morgan fingerprint density at radius 1 is 1.50 bits per heavy atom. The average Bonchev–Trinajstić information content (AvgIpc) is 2.55. The molecule has 0 radical (unpaired) electrons. The second-order valence-electron chi connectivity index (χ2n) is 5.06. The van der Waals surface area contributed by atoms with Crippen molar-refractivity contribution in [3.8, 4) is 0 Å². The van der Waals surface area contributed by atoms with Gasteiger partial charge in [-0.25, -0.2) is 0 Å². The second kappa shape index (κ2) is 5.38. The van der Waals surface area contributed by atoms with Crippen LogP contribution in [0.5, 0.6) is 0 Å². The third-order valence-corrected chi connectivity index (χ3v) is 3.93. The molecule has 1 heterocycles. The minimum atomic E-state index is 0.230. The van der Waals surface area contributed by atoms with Gasteiger partial charge in [0.15, 0.2) is 0 Å². The SMILES string of the molecule is COC(CNC1CCSC1)C(C)(C)C. The van der Waals surface area contributed by atoms with Crippen LogP contribution in [0.4, 0.5) is 0 Å². The van der Waals surface area contributed by atoms with E-state index in [2.05, 4.69) is 26.1 Å². The van der Waals surface area contributed by atoms with Crippen molar-refractivity contribution < 1.29 is 4.74 Å². The molecule has 0 bridgehead atoms. The summed E-state index contributed by atoms with van der Waals surface area (Å²) >= 11 is 2.05. The summed E-state index contributed by atoms with van der Waals surface area (Å²) in [6.07, 6.45) is 1.62. The van der Waals surface area contributed by atoms with Crippen molar-refractivity contribution in [2.45, 2.75) is 39.3 Å². The van der Waals surface area contributed by atoms with Crippen LogP contribution in [0.25, 0.3) is 0 Å². The van der Waals surface area contributed by atoms with Gasteiger partial charge in [0.1, 0.15) is 0 Å². The Morgan fingerprint density at radius 2 is 2.21 bits per heavy atom. The Hall–Kier alpha value is 0.270. The summed E-state index contributed by atoms with van der Waals surface area (Å²) in [7, 11) is 1.81. The molecule has 1 aliphatic rings. The van der Waals surface area contributed by atoms with Crippen molar-refractivity contribution in [1.82, 2.24) is 5.32 Å². The highest BCUT2D eigenvalue weighted by Crippen LogP contribution is 2.22. The second-order valence-corrected chi connectivity index (χ2v) is 6.21. The first-order valence-corrected chi connectivity index (χ1v) is 6.53. The van der Waals surface area contributed by atoms with Gasteiger partial charge in [0.25, 0.3) is 0 Å². The molecule has 0 aliphatic carbocycles. The summed E-state index contributed by atoms with van der Waals surface area (Å²) in [6, 6.07) is 0.708. The van der Waals surface area contributed by atoms with Gasteiger partial charge in [0.05, 0.1) is 6.10 Å². The van der Waals surface area contributed by atoms with Crippen molar-refractivity contribution in [2.75, 3.05) is 25.2 Å². The van der Waals surface area contributed by atoms with Crippen LogP contribution in [0.15, 0.2) is 0 Å². The Bertz CT molecular complexity index is 161. The standard InChI is InChI=1S/C11H23NOS/c1-11(2,3)10(13-4)7-12-9-5-6-14-8-9/h9-10,12H,5-8H2,1-4H3. The van der Waals surface area contributed by atoms with Crippen molar-refractivity contribution in [1.29, 1.82) is 0 Å². The lowest BCUT2D eigenvalue weighted by atomic mass is 9.89. The van der Waals surface area contributed by atoms with Gasteiger partial charge in [-0.05, 0) is 17.6 Å². The van der Waals surface area contributed by atoms with E-state index in [1.807, 2.05) is 11.8 Å². The Balaban J connectivity index is 2.26. The molecular weight excluding hydrogens is 194 g/mol. The van der Waals surface area contributed by atoms with E-state index in [1.54, 1.807) is 7.11 Å². The van der Waals surface area contributed by atoms with Gasteiger partial charge in [-0.3, -0.25) is 0 Å². The molecule has 0 amide bonds. The van der Waals surface area contributed by atoms with Gasteiger partial charge in [0.2, 0.25) is 0 Å². The molecule has 0 aromatic carbocycles. The lowest BCUT2D eigenvalue weighted by Crippen LogP contribution is -2.42. The molecule has 0 aromatic heterocycles. The van der Waals surface area contributed by atoms with E-state index >= 15 is 0 Å². The molecule has 1 saturated heterocycles. The molecule has 84 valence electrons. The predicted octanol–water partition coefficient (Wildman–Crippen LogP) is 2.14. The summed E-state index contributed by atoms with van der Waals surface area (Å²) in [6.45, 7) is 7.66. The monoisotopic (exact) mass is 217 g/mol. The van der Waals surface area contributed by atoms with Gasteiger partial charge in [-0.15, -0.1) is 0 Å². The molecular formula is C11H23NOS. The largest absolute Gasteiger partial charge is 0.380 e. The summed E-state index contributed by atoms with van der Waals surface area (Å²) < 4.78 is 5.51. The average molecular weight is 217 g/mol. The van der Waals surface area contributed by atoms with Gasteiger partial charge in [-0.1, -0.05) is 20.8 Å². The third-order valence-electron chi connectivity index (χ3n) is 2.77. The van der Waals surface area contributed by atoms with Crippen LogP contribution in [0.2, 0.25) is 0 Å². The Morgan fingerprint density at radius 3 is 2.64 bits per heavy atom. The lowest BCUT2D eigenvalue weighted by molar-refractivity contribution is 0.0161. The van der Waals surface area contributed by atoms with Crippen LogP contribution in [0.1, 0.15) is 27.2 Å². The number of thioether (sulfide) groups is 1. The topological polar surface area (TPSA) is 21.3 Å². The number of methoxy groups -OCH3 is 1. The van der Waals surface area contributed by atoms with E-state index < -0.39 is 0 Å². The summed E-state index contributed by atoms with van der Waals surface area (Å²) in [4.78, 5) is 0. The molecule has 0 spiro atoms. The first kappa shape index (κ1) is 12.3. The predicted molar refractivity (Wildman–Crippen MR) is 64.0 cm³/mol. The summed E-state index contributed by atoms with van der Waals surface area (Å²) in [5, 5.41) is 3.59. The maximum absolute atomic E-state index is 5.51. The Labute approximate surface area is 92.2 Å². The van der Waals surface area contributed by atoms with Crippen LogP contribution in [-0.4, -0.2) is 37.3 Å². The maximum atomic E-state index is 5.51. The van der Waals surface area contributed by atoms with Crippen LogP contribution in [0, 0.1) is 5.41 Å². The van der Waals surface area contributed by atoms with Crippen LogP contribution in [-0.2, 0) is 4.74 Å². The van der Waals surface area contributed by atoms with E-state index in [9.17, 15) is 0 Å². The minimum Gasteiger partial charge on any atom is -0.380 e. The number of hydrogen-bond acceptors (Lipinski definition) is 3. The van der Waals surface area contributed by atoms with E-state index in [0.29, 0.717) is 12.1 Å². The zero-order chi connectivity index (χ0) is 10.6. The van der Waals surface area contributed by atoms with E-state index in [4.69, 9.17) is 4.74 Å². The number of ether oxygens (including phenoxy) is 1. The molecule has 2 unspecified atom stereocenters. The molecule has 0 aromatic rings. The van der Waals surface area contributed by atoms with Crippen molar-refractivity contribution in [2.24, 2.45) is 5.41 Å². The highest BCUT2D eigenvalue weighted by molar-refractivity contribution is 7.99. The fourth-order valence-electron chi connectivity index (χ4n) is 1.71. The Kier molecular flexibility index (Phi) is 4.74. The van der Waals surface area contributed by atoms with Crippen LogP contribution < -0.4 is 5.32 Å². The first-order chi connectivity index (χ1) is 6.54. The fourth-order valence-corrected chi connectivity index (χ4v) is 2.90. The van der Waals surface area contributed by atoms with Crippen LogP contribution >= 0.6 is 11.8 Å². The highest BCUT2D eigenvalue weighted by atomic mass is 32.2. The summed E-state index contributed by atoms with van der Waals surface area (Å²) in [5.41, 5.74) is 0.230. The van der Waals surface area contributed by atoms with E-state index in [0.717, 1.165) is 6.54 Å². The molecule has 14 heavy (non-hydrogen) atoms. The van der Waals surface area contributed by atoms with E-state index in [-0.39, 0.29) is 5.41 Å². The fraction of sp³-hybridized carbons (Fsp3) is 1.00. The van der Waals surface area contributed by atoms with E-state index in [1.165, 1.54) is 17.9 Å². The highest BCUT2D eigenvalue weighted by Gasteiger charge is 2.25. The lowest BCUT2D eigenvalue weighted by Gasteiger charge is -2.30. The molecule has 0 saturated carbocycles. The van der Waals surface area contributed by atoms with Crippen molar-refractivity contribution in [3.63, 3.8) is 0 Å². The summed E-state index contributed by atoms with van der Waals surface area (Å²) in [5.74, 6) is 2.57.